The lowest BCUT2D eigenvalue weighted by atomic mass is 10.1. The number of thiocarbonyl (C=S) groups is 1. The molecular weight excluding hydrogens is 347 g/mol. The molecule has 0 atom stereocenters. The van der Waals surface area contributed by atoms with E-state index in [0.717, 1.165) is 24.8 Å². The normalized spacial score (nSPS) is 11.1. The van der Waals surface area contributed by atoms with Crippen molar-refractivity contribution in [2.45, 2.75) is 20.0 Å². The van der Waals surface area contributed by atoms with Gasteiger partial charge in [0.15, 0.2) is 5.11 Å². The molecule has 0 aromatic heterocycles. The summed E-state index contributed by atoms with van der Waals surface area (Å²) in [6.45, 7) is 5.95. The van der Waals surface area contributed by atoms with Crippen molar-refractivity contribution < 1.29 is 13.2 Å². The molecule has 2 aromatic rings. The molecule has 0 unspecified atom stereocenters. The first-order chi connectivity index (χ1) is 11.8. The number of hydrogen-bond donors (Lipinski definition) is 2. The Labute approximate surface area is 150 Å². The largest absolute Gasteiger partial charge is 0.418 e. The van der Waals surface area contributed by atoms with E-state index in [-0.39, 0.29) is 10.8 Å². The molecule has 0 bridgehead atoms. The first-order valence-corrected chi connectivity index (χ1v) is 8.35. The van der Waals surface area contributed by atoms with Crippen LogP contribution in [0.4, 0.5) is 30.2 Å². The molecule has 2 aromatic carbocycles. The summed E-state index contributed by atoms with van der Waals surface area (Å²) in [7, 11) is 0. The second-order valence-corrected chi connectivity index (χ2v) is 5.75. The van der Waals surface area contributed by atoms with Gasteiger partial charge in [0, 0.05) is 24.5 Å². The van der Waals surface area contributed by atoms with Crippen LogP contribution in [0.2, 0.25) is 0 Å². The standard InChI is InChI=1S/C18H20F3N3S/c1-3-24(4-2)14-11-9-13(10-12-14)22-17(25)23-16-8-6-5-7-15(16)18(19,20)21/h5-12H,3-4H2,1-2H3,(H2,22,23,25). The molecule has 0 fully saturated rings. The lowest BCUT2D eigenvalue weighted by Gasteiger charge is -2.21. The summed E-state index contributed by atoms with van der Waals surface area (Å²) in [6.07, 6.45) is -4.44. The smallest absolute Gasteiger partial charge is 0.372 e. The van der Waals surface area contributed by atoms with Crippen LogP contribution >= 0.6 is 12.2 Å². The maximum Gasteiger partial charge on any atom is 0.418 e. The number of nitrogens with zero attached hydrogens (tertiary/aromatic N) is 1. The van der Waals surface area contributed by atoms with Gasteiger partial charge in [0.05, 0.1) is 11.3 Å². The van der Waals surface area contributed by atoms with E-state index in [4.69, 9.17) is 12.2 Å². The van der Waals surface area contributed by atoms with Gasteiger partial charge in [0.1, 0.15) is 0 Å². The number of alkyl halides is 3. The van der Waals surface area contributed by atoms with Crippen molar-refractivity contribution in [2.24, 2.45) is 0 Å². The zero-order chi connectivity index (χ0) is 18.4. The summed E-state index contributed by atoms with van der Waals surface area (Å²) in [4.78, 5) is 2.19. The van der Waals surface area contributed by atoms with Crippen LogP contribution in [-0.4, -0.2) is 18.2 Å². The number of benzene rings is 2. The van der Waals surface area contributed by atoms with Crippen LogP contribution in [0.5, 0.6) is 0 Å². The van der Waals surface area contributed by atoms with Crippen molar-refractivity contribution in [3.63, 3.8) is 0 Å². The van der Waals surface area contributed by atoms with Gasteiger partial charge in [0.25, 0.3) is 0 Å². The van der Waals surface area contributed by atoms with Crippen LogP contribution < -0.4 is 15.5 Å². The number of anilines is 3. The Bertz CT molecular complexity index is 710. The molecule has 0 aliphatic rings. The zero-order valence-corrected chi connectivity index (χ0v) is 14.8. The molecule has 2 rings (SSSR count). The first-order valence-electron chi connectivity index (χ1n) is 7.94. The third-order valence-corrected chi connectivity index (χ3v) is 3.94. The predicted octanol–water partition coefficient (Wildman–Crippen LogP) is 5.36. The molecule has 3 nitrogen and oxygen atoms in total. The van der Waals surface area contributed by atoms with Gasteiger partial charge in [-0.25, -0.2) is 0 Å². The SMILES string of the molecule is CCN(CC)c1ccc(NC(=S)Nc2ccccc2C(F)(F)F)cc1. The van der Waals surface area contributed by atoms with Crippen LogP contribution in [0, 0.1) is 0 Å². The van der Waals surface area contributed by atoms with Crippen molar-refractivity contribution in [1.82, 2.24) is 0 Å². The maximum absolute atomic E-state index is 13.0. The third kappa shape index (κ3) is 5.09. The highest BCUT2D eigenvalue weighted by molar-refractivity contribution is 7.80. The summed E-state index contributed by atoms with van der Waals surface area (Å²) in [5.74, 6) is 0. The van der Waals surface area contributed by atoms with Crippen LogP contribution in [0.3, 0.4) is 0 Å². The van der Waals surface area contributed by atoms with Gasteiger partial charge in [-0.05, 0) is 62.5 Å². The number of hydrogen-bond acceptors (Lipinski definition) is 2. The molecule has 0 saturated heterocycles. The Kier molecular flexibility index (Phi) is 6.25. The molecule has 0 spiro atoms. The Morgan fingerprint density at radius 3 is 2.12 bits per heavy atom. The molecule has 0 aliphatic heterocycles. The molecule has 0 heterocycles. The highest BCUT2D eigenvalue weighted by Gasteiger charge is 2.33. The fraction of sp³-hybridized carbons (Fsp3) is 0.278. The van der Waals surface area contributed by atoms with E-state index in [1.807, 2.05) is 24.3 Å². The monoisotopic (exact) mass is 367 g/mol. The van der Waals surface area contributed by atoms with E-state index in [2.05, 4.69) is 29.4 Å². The van der Waals surface area contributed by atoms with Crippen molar-refractivity contribution >= 4 is 34.4 Å². The van der Waals surface area contributed by atoms with E-state index >= 15 is 0 Å². The maximum atomic E-state index is 13.0. The van der Waals surface area contributed by atoms with E-state index in [1.165, 1.54) is 18.2 Å². The Morgan fingerprint density at radius 1 is 0.960 bits per heavy atom. The van der Waals surface area contributed by atoms with Crippen molar-refractivity contribution in [2.75, 3.05) is 28.6 Å². The molecule has 0 amide bonds. The average molecular weight is 367 g/mol. The summed E-state index contributed by atoms with van der Waals surface area (Å²) >= 11 is 5.13. The van der Waals surface area contributed by atoms with Crippen molar-refractivity contribution in [3.8, 4) is 0 Å². The number of rotatable bonds is 5. The van der Waals surface area contributed by atoms with E-state index in [0.29, 0.717) is 5.69 Å². The number of para-hydroxylation sites is 1. The highest BCUT2D eigenvalue weighted by atomic mass is 32.1. The van der Waals surface area contributed by atoms with Gasteiger partial charge < -0.3 is 15.5 Å². The van der Waals surface area contributed by atoms with E-state index in [9.17, 15) is 13.2 Å². The minimum absolute atomic E-state index is 0.0766. The zero-order valence-electron chi connectivity index (χ0n) is 14.0. The lowest BCUT2D eigenvalue weighted by molar-refractivity contribution is -0.136. The summed E-state index contributed by atoms with van der Waals surface area (Å²) in [5.41, 5.74) is 0.957. The second-order valence-electron chi connectivity index (χ2n) is 5.34. The second kappa shape index (κ2) is 8.20. The third-order valence-electron chi connectivity index (χ3n) is 3.73. The van der Waals surface area contributed by atoms with E-state index in [1.54, 1.807) is 0 Å². The van der Waals surface area contributed by atoms with Gasteiger partial charge in [-0.1, -0.05) is 12.1 Å². The summed E-state index contributed by atoms with van der Waals surface area (Å²) in [6, 6.07) is 12.8. The quantitative estimate of drug-likeness (QED) is 0.696. The Hall–Kier alpha value is -2.28. The molecule has 2 N–H and O–H groups in total. The van der Waals surface area contributed by atoms with Gasteiger partial charge in [-0.2, -0.15) is 13.2 Å². The molecule has 0 saturated carbocycles. The Morgan fingerprint density at radius 2 is 1.56 bits per heavy atom. The highest BCUT2D eigenvalue weighted by Crippen LogP contribution is 2.34. The topological polar surface area (TPSA) is 27.3 Å². The van der Waals surface area contributed by atoms with Gasteiger partial charge >= 0.3 is 6.18 Å². The minimum Gasteiger partial charge on any atom is -0.372 e. The molecule has 7 heteroatoms. The summed E-state index contributed by atoms with van der Waals surface area (Å²) in [5, 5.41) is 5.62. The van der Waals surface area contributed by atoms with Crippen molar-refractivity contribution in [1.29, 1.82) is 0 Å². The lowest BCUT2D eigenvalue weighted by Crippen LogP contribution is -2.22. The fourth-order valence-electron chi connectivity index (χ4n) is 2.47. The van der Waals surface area contributed by atoms with Crippen molar-refractivity contribution in [3.05, 3.63) is 54.1 Å². The van der Waals surface area contributed by atoms with Gasteiger partial charge in [-0.15, -0.1) is 0 Å². The first kappa shape index (κ1) is 19.1. The fourth-order valence-corrected chi connectivity index (χ4v) is 2.70. The molecule has 25 heavy (non-hydrogen) atoms. The van der Waals surface area contributed by atoms with E-state index < -0.39 is 11.7 Å². The van der Waals surface area contributed by atoms with Crippen LogP contribution in [0.25, 0.3) is 0 Å². The number of nitrogens with one attached hydrogen (secondary N) is 2. The van der Waals surface area contributed by atoms with Gasteiger partial charge in [0.2, 0.25) is 0 Å². The average Bonchev–Trinajstić information content (AvgIpc) is 2.57. The minimum atomic E-state index is -4.44. The van der Waals surface area contributed by atoms with Gasteiger partial charge in [-0.3, -0.25) is 0 Å². The number of halogens is 3. The molecular formula is C18H20F3N3S. The van der Waals surface area contributed by atoms with Crippen LogP contribution in [0.1, 0.15) is 19.4 Å². The van der Waals surface area contributed by atoms with Crippen LogP contribution in [0.15, 0.2) is 48.5 Å². The Balaban J connectivity index is 2.06. The predicted molar refractivity (Wildman–Crippen MR) is 101 cm³/mol. The summed E-state index contributed by atoms with van der Waals surface area (Å²) < 4.78 is 39.0. The molecule has 0 radical (unpaired) electrons. The molecule has 134 valence electrons. The molecule has 0 aliphatic carbocycles. The van der Waals surface area contributed by atoms with Crippen LogP contribution in [-0.2, 0) is 6.18 Å².